The molecule has 0 spiro atoms. The second-order valence-corrected chi connectivity index (χ2v) is 4.55. The van der Waals surface area contributed by atoms with Gasteiger partial charge in [-0.2, -0.15) is 0 Å². The lowest BCUT2D eigenvalue weighted by Crippen LogP contribution is -2.30. The van der Waals surface area contributed by atoms with Crippen molar-refractivity contribution < 1.29 is 0 Å². The number of rotatable bonds is 5. The fourth-order valence-corrected chi connectivity index (χ4v) is 2.06. The Bertz CT molecular complexity index is 687. The lowest BCUT2D eigenvalue weighted by Gasteiger charge is -2.07. The van der Waals surface area contributed by atoms with Crippen molar-refractivity contribution in [2.75, 3.05) is 12.3 Å². The van der Waals surface area contributed by atoms with Crippen molar-refractivity contribution in [3.05, 3.63) is 38.9 Å². The molecule has 0 aliphatic carbocycles. The van der Waals surface area contributed by atoms with Crippen LogP contribution in [0.2, 0.25) is 0 Å². The summed E-state index contributed by atoms with van der Waals surface area (Å²) in [5.41, 5.74) is 11.0. The van der Waals surface area contributed by atoms with Crippen LogP contribution in [0.25, 0.3) is 10.8 Å². The lowest BCUT2D eigenvalue weighted by molar-refractivity contribution is 0.523. The molecule has 6 nitrogen and oxygen atoms in total. The van der Waals surface area contributed by atoms with Crippen LogP contribution < -0.4 is 22.6 Å². The smallest absolute Gasteiger partial charge is 0.273 e. The SMILES string of the molecule is NCCCCCn1[nH]c(=O)c2cc(N)ccc2c1=O. The number of aromatic amines is 1. The highest BCUT2D eigenvalue weighted by Gasteiger charge is 2.07. The highest BCUT2D eigenvalue weighted by molar-refractivity contribution is 5.83. The first-order valence-electron chi connectivity index (χ1n) is 6.36. The van der Waals surface area contributed by atoms with Gasteiger partial charge in [0, 0.05) is 12.2 Å². The van der Waals surface area contributed by atoms with Gasteiger partial charge in [0.2, 0.25) is 0 Å². The Balaban J connectivity index is 2.37. The third-order valence-electron chi connectivity index (χ3n) is 3.09. The van der Waals surface area contributed by atoms with Crippen molar-refractivity contribution in [1.82, 2.24) is 9.78 Å². The Kier molecular flexibility index (Phi) is 4.01. The molecule has 0 amide bonds. The van der Waals surface area contributed by atoms with E-state index in [-0.39, 0.29) is 11.1 Å². The van der Waals surface area contributed by atoms with Crippen LogP contribution in [0.15, 0.2) is 27.8 Å². The number of hydrogen-bond donors (Lipinski definition) is 3. The second-order valence-electron chi connectivity index (χ2n) is 4.55. The Labute approximate surface area is 110 Å². The van der Waals surface area contributed by atoms with Crippen LogP contribution in [-0.4, -0.2) is 16.3 Å². The van der Waals surface area contributed by atoms with Gasteiger partial charge in [0.1, 0.15) is 0 Å². The number of benzene rings is 1. The number of nitrogens with zero attached hydrogens (tertiary/aromatic N) is 1. The Hall–Kier alpha value is -2.08. The third kappa shape index (κ3) is 2.85. The number of aromatic nitrogens is 2. The molecular weight excluding hydrogens is 244 g/mol. The fraction of sp³-hybridized carbons (Fsp3) is 0.385. The maximum atomic E-state index is 12.2. The van der Waals surface area contributed by atoms with Crippen LogP contribution in [0.1, 0.15) is 19.3 Å². The van der Waals surface area contributed by atoms with Gasteiger partial charge in [0.25, 0.3) is 11.1 Å². The molecule has 1 aromatic heterocycles. The molecule has 2 aromatic rings. The third-order valence-corrected chi connectivity index (χ3v) is 3.09. The van der Waals surface area contributed by atoms with Gasteiger partial charge in [-0.1, -0.05) is 6.42 Å². The van der Waals surface area contributed by atoms with Crippen LogP contribution >= 0.6 is 0 Å². The first kappa shape index (κ1) is 13.4. The molecule has 0 aliphatic rings. The van der Waals surface area contributed by atoms with Crippen LogP contribution in [0.5, 0.6) is 0 Å². The van der Waals surface area contributed by atoms with E-state index >= 15 is 0 Å². The summed E-state index contributed by atoms with van der Waals surface area (Å²) in [6.45, 7) is 1.14. The standard InChI is InChI=1S/C13H18N4O2/c14-6-2-1-3-7-17-13(19)10-5-4-9(15)8-11(10)12(18)16-17/h4-5,8H,1-3,6-7,14-15H2,(H,16,18). The van der Waals surface area contributed by atoms with Gasteiger partial charge < -0.3 is 11.5 Å². The first-order valence-corrected chi connectivity index (χ1v) is 6.36. The second kappa shape index (κ2) is 5.71. The zero-order valence-corrected chi connectivity index (χ0v) is 10.7. The number of nitrogens with two attached hydrogens (primary N) is 2. The largest absolute Gasteiger partial charge is 0.399 e. The lowest BCUT2D eigenvalue weighted by atomic mass is 10.2. The van der Waals surface area contributed by atoms with Crippen molar-refractivity contribution >= 4 is 16.5 Å². The Morgan fingerprint density at radius 2 is 1.89 bits per heavy atom. The average molecular weight is 262 g/mol. The van der Waals surface area contributed by atoms with E-state index in [1.165, 1.54) is 10.7 Å². The fourth-order valence-electron chi connectivity index (χ4n) is 2.06. The van der Waals surface area contributed by atoms with Gasteiger partial charge in [-0.15, -0.1) is 0 Å². The van der Waals surface area contributed by atoms with Gasteiger partial charge in [0.05, 0.1) is 10.8 Å². The summed E-state index contributed by atoms with van der Waals surface area (Å²) in [5, 5.41) is 3.32. The molecule has 0 fully saturated rings. The van der Waals surface area contributed by atoms with Crippen LogP contribution in [0, 0.1) is 0 Å². The summed E-state index contributed by atoms with van der Waals surface area (Å²) in [7, 11) is 0. The molecule has 1 heterocycles. The molecule has 102 valence electrons. The average Bonchev–Trinajstić information content (AvgIpc) is 2.40. The van der Waals surface area contributed by atoms with E-state index in [9.17, 15) is 9.59 Å². The maximum Gasteiger partial charge on any atom is 0.273 e. The zero-order valence-electron chi connectivity index (χ0n) is 10.7. The predicted octanol–water partition coefficient (Wildman–Crippen LogP) is 0.401. The van der Waals surface area contributed by atoms with Crippen molar-refractivity contribution in [3.8, 4) is 0 Å². The molecule has 0 saturated carbocycles. The molecule has 0 radical (unpaired) electrons. The number of nitrogen functional groups attached to an aromatic ring is 1. The molecule has 19 heavy (non-hydrogen) atoms. The Morgan fingerprint density at radius 3 is 2.63 bits per heavy atom. The number of H-pyrrole nitrogens is 1. The number of fused-ring (bicyclic) bond motifs is 1. The number of unbranched alkanes of at least 4 members (excludes halogenated alkanes) is 2. The van der Waals surface area contributed by atoms with E-state index in [4.69, 9.17) is 11.5 Å². The molecule has 6 heteroatoms. The molecule has 2 rings (SSSR count). The number of aryl methyl sites for hydroxylation is 1. The molecule has 5 N–H and O–H groups in total. The first-order chi connectivity index (χ1) is 9.13. The zero-order chi connectivity index (χ0) is 13.8. The van der Waals surface area contributed by atoms with Crippen molar-refractivity contribution in [2.24, 2.45) is 5.73 Å². The minimum atomic E-state index is -0.291. The van der Waals surface area contributed by atoms with E-state index in [0.717, 1.165) is 19.3 Å². The number of hydrogen-bond acceptors (Lipinski definition) is 4. The summed E-state index contributed by atoms with van der Waals surface area (Å²) >= 11 is 0. The number of anilines is 1. The molecule has 0 unspecified atom stereocenters. The minimum absolute atomic E-state index is 0.192. The molecule has 0 aliphatic heterocycles. The van der Waals surface area contributed by atoms with E-state index < -0.39 is 0 Å². The highest BCUT2D eigenvalue weighted by Crippen LogP contribution is 2.09. The van der Waals surface area contributed by atoms with Crippen molar-refractivity contribution in [1.29, 1.82) is 0 Å². The van der Waals surface area contributed by atoms with E-state index in [0.29, 0.717) is 29.5 Å². The minimum Gasteiger partial charge on any atom is -0.399 e. The summed E-state index contributed by atoms with van der Waals surface area (Å²) in [6, 6.07) is 4.74. The van der Waals surface area contributed by atoms with Gasteiger partial charge >= 0.3 is 0 Å². The Morgan fingerprint density at radius 1 is 1.11 bits per heavy atom. The van der Waals surface area contributed by atoms with Crippen molar-refractivity contribution in [2.45, 2.75) is 25.8 Å². The van der Waals surface area contributed by atoms with Gasteiger partial charge in [-0.25, -0.2) is 4.68 Å². The van der Waals surface area contributed by atoms with Gasteiger partial charge in [-0.3, -0.25) is 14.7 Å². The summed E-state index contributed by atoms with van der Waals surface area (Å²) in [6.07, 6.45) is 2.67. The van der Waals surface area contributed by atoms with Gasteiger partial charge in [0.15, 0.2) is 0 Å². The molecule has 1 aromatic carbocycles. The highest BCUT2D eigenvalue weighted by atomic mass is 16.2. The predicted molar refractivity (Wildman–Crippen MR) is 76.1 cm³/mol. The maximum absolute atomic E-state index is 12.2. The molecule has 0 saturated heterocycles. The molecular formula is C13H18N4O2. The molecule has 0 atom stereocenters. The van der Waals surface area contributed by atoms with Crippen LogP contribution in [-0.2, 0) is 6.54 Å². The van der Waals surface area contributed by atoms with Gasteiger partial charge in [-0.05, 0) is 37.6 Å². The summed E-state index contributed by atoms with van der Waals surface area (Å²) < 4.78 is 1.36. The van der Waals surface area contributed by atoms with Crippen molar-refractivity contribution in [3.63, 3.8) is 0 Å². The van der Waals surface area contributed by atoms with Crippen LogP contribution in [0.4, 0.5) is 5.69 Å². The quantitative estimate of drug-likeness (QED) is 0.535. The van der Waals surface area contributed by atoms with E-state index in [1.807, 2.05) is 0 Å². The summed E-state index contributed by atoms with van der Waals surface area (Å²) in [5.74, 6) is 0. The number of nitrogens with one attached hydrogen (secondary N) is 1. The van der Waals surface area contributed by atoms with E-state index in [1.54, 1.807) is 12.1 Å². The summed E-state index contributed by atoms with van der Waals surface area (Å²) in [4.78, 5) is 24.1. The van der Waals surface area contributed by atoms with E-state index in [2.05, 4.69) is 5.10 Å². The monoisotopic (exact) mass is 262 g/mol. The molecule has 0 bridgehead atoms. The normalized spacial score (nSPS) is 11.0. The topological polar surface area (TPSA) is 107 Å². The van der Waals surface area contributed by atoms with Crippen LogP contribution in [0.3, 0.4) is 0 Å².